The van der Waals surface area contributed by atoms with E-state index in [2.05, 4.69) is 30.5 Å². The van der Waals surface area contributed by atoms with Gasteiger partial charge in [0, 0.05) is 12.8 Å². The summed E-state index contributed by atoms with van der Waals surface area (Å²) >= 11 is 0. The fourth-order valence-electron chi connectivity index (χ4n) is 5.88. The van der Waals surface area contributed by atoms with Crippen LogP contribution in [0.5, 0.6) is 0 Å². The van der Waals surface area contributed by atoms with Gasteiger partial charge in [-0.3, -0.25) is 23.4 Å². The van der Waals surface area contributed by atoms with Gasteiger partial charge in [-0.1, -0.05) is 161 Å². The molecule has 0 radical (unpaired) electrons. The Bertz CT molecular complexity index is 963. The molecular weight excluding hydrogens is 697 g/mol. The number of allylic oxidation sites excluding steroid dienone is 2. The quantitative estimate of drug-likeness (QED) is 0.0234. The van der Waals surface area contributed by atoms with E-state index in [9.17, 15) is 23.8 Å². The van der Waals surface area contributed by atoms with Crippen LogP contribution in [-0.4, -0.2) is 59.9 Å². The van der Waals surface area contributed by atoms with Crippen LogP contribution >= 0.6 is 7.82 Å². The molecule has 3 atom stereocenters. The van der Waals surface area contributed by atoms with Crippen molar-refractivity contribution in [2.45, 2.75) is 212 Å². The monoisotopic (exact) mass is 776 g/mol. The number of carboxylic acids is 1. The van der Waals surface area contributed by atoms with Crippen LogP contribution in [0.4, 0.5) is 0 Å². The lowest BCUT2D eigenvalue weighted by atomic mass is 10.0. The van der Waals surface area contributed by atoms with Crippen LogP contribution in [0.3, 0.4) is 0 Å². The van der Waals surface area contributed by atoms with Gasteiger partial charge in [0.05, 0.1) is 13.2 Å². The summed E-state index contributed by atoms with van der Waals surface area (Å²) in [5.41, 5.74) is 5.33. The van der Waals surface area contributed by atoms with Crippen LogP contribution in [0.25, 0.3) is 0 Å². The molecule has 0 spiro atoms. The molecular formula is C41H78NO10P. The van der Waals surface area contributed by atoms with Gasteiger partial charge in [0.2, 0.25) is 0 Å². The average Bonchev–Trinajstić information content (AvgIpc) is 3.13. The molecule has 0 aromatic carbocycles. The third-order valence-corrected chi connectivity index (χ3v) is 10.2. The van der Waals surface area contributed by atoms with Gasteiger partial charge in [-0.25, -0.2) is 4.57 Å². The van der Waals surface area contributed by atoms with E-state index >= 15 is 0 Å². The highest BCUT2D eigenvalue weighted by Gasteiger charge is 2.28. The second-order valence-electron chi connectivity index (χ2n) is 14.5. The molecule has 0 amide bonds. The SMILES string of the molecule is CCCCCCC/C=C/CCCCCCCC(=O)OC[C@H](COP(=O)(O)OC[C@H](N)C(=O)O)OC(=O)CCCCCCCCCCCCCCCCC. The van der Waals surface area contributed by atoms with Gasteiger partial charge in [-0.15, -0.1) is 0 Å². The fraction of sp³-hybridized carbons (Fsp3) is 0.878. The molecule has 0 saturated heterocycles. The highest BCUT2D eigenvalue weighted by Crippen LogP contribution is 2.43. The third-order valence-electron chi connectivity index (χ3n) is 9.26. The zero-order chi connectivity index (χ0) is 39.3. The molecule has 4 N–H and O–H groups in total. The minimum absolute atomic E-state index is 0.165. The van der Waals surface area contributed by atoms with Crippen molar-refractivity contribution in [1.82, 2.24) is 0 Å². The maximum atomic E-state index is 12.6. The summed E-state index contributed by atoms with van der Waals surface area (Å²) in [5, 5.41) is 8.87. The predicted octanol–water partition coefficient (Wildman–Crippen LogP) is 10.9. The Morgan fingerprint density at radius 2 is 0.943 bits per heavy atom. The number of hydrogen-bond donors (Lipinski definition) is 3. The number of unbranched alkanes of at least 4 members (excludes halogenated alkanes) is 24. The van der Waals surface area contributed by atoms with Crippen molar-refractivity contribution in [3.63, 3.8) is 0 Å². The zero-order valence-electron chi connectivity index (χ0n) is 33.6. The molecule has 0 saturated carbocycles. The van der Waals surface area contributed by atoms with Crippen LogP contribution in [0.2, 0.25) is 0 Å². The number of carbonyl (C=O) groups is 3. The van der Waals surface area contributed by atoms with E-state index in [1.807, 2.05) is 0 Å². The van der Waals surface area contributed by atoms with E-state index in [4.69, 9.17) is 24.8 Å². The van der Waals surface area contributed by atoms with Crippen LogP contribution < -0.4 is 5.73 Å². The first-order valence-corrected chi connectivity index (χ1v) is 22.7. The third kappa shape index (κ3) is 36.9. The minimum atomic E-state index is -4.71. The molecule has 12 heteroatoms. The Labute approximate surface area is 322 Å². The summed E-state index contributed by atoms with van der Waals surface area (Å²) in [6.45, 7) is 2.80. The van der Waals surface area contributed by atoms with Crippen molar-refractivity contribution in [3.05, 3.63) is 12.2 Å². The number of phosphoric ester groups is 1. The van der Waals surface area contributed by atoms with Crippen molar-refractivity contribution < 1.29 is 47.5 Å². The van der Waals surface area contributed by atoms with Gasteiger partial charge in [0.1, 0.15) is 12.6 Å². The Morgan fingerprint density at radius 3 is 1.38 bits per heavy atom. The number of carbonyl (C=O) groups excluding carboxylic acids is 2. The summed E-state index contributed by atoms with van der Waals surface area (Å²) in [5.74, 6) is -2.38. The Kier molecular flexibility index (Phi) is 35.9. The van der Waals surface area contributed by atoms with Crippen LogP contribution in [0.1, 0.15) is 200 Å². The molecule has 53 heavy (non-hydrogen) atoms. The number of esters is 2. The average molecular weight is 776 g/mol. The van der Waals surface area contributed by atoms with Gasteiger partial charge in [-0.2, -0.15) is 0 Å². The van der Waals surface area contributed by atoms with E-state index < -0.39 is 51.1 Å². The number of nitrogens with two attached hydrogens (primary N) is 1. The largest absolute Gasteiger partial charge is 0.480 e. The Balaban J connectivity index is 4.37. The number of aliphatic carboxylic acids is 1. The van der Waals surface area contributed by atoms with Crippen molar-refractivity contribution in [2.24, 2.45) is 5.73 Å². The molecule has 0 heterocycles. The fourth-order valence-corrected chi connectivity index (χ4v) is 6.66. The smallest absolute Gasteiger partial charge is 0.472 e. The van der Waals surface area contributed by atoms with E-state index in [1.54, 1.807) is 0 Å². The minimum Gasteiger partial charge on any atom is -0.480 e. The molecule has 0 aliphatic carbocycles. The van der Waals surface area contributed by atoms with E-state index in [1.165, 1.54) is 103 Å². The number of ether oxygens (including phenoxy) is 2. The highest BCUT2D eigenvalue weighted by molar-refractivity contribution is 7.47. The summed E-state index contributed by atoms with van der Waals surface area (Å²) < 4.78 is 32.6. The number of carboxylic acid groups (broad SMARTS) is 1. The molecule has 0 rings (SSSR count). The molecule has 0 bridgehead atoms. The first kappa shape index (κ1) is 51.2. The number of rotatable bonds is 40. The normalized spacial score (nSPS) is 13.9. The lowest BCUT2D eigenvalue weighted by Gasteiger charge is -2.20. The summed E-state index contributed by atoms with van der Waals surface area (Å²) in [4.78, 5) is 45.9. The van der Waals surface area contributed by atoms with Crippen molar-refractivity contribution >= 4 is 25.7 Å². The maximum absolute atomic E-state index is 12.6. The summed E-state index contributed by atoms with van der Waals surface area (Å²) in [6.07, 6.45) is 35.6. The van der Waals surface area contributed by atoms with Gasteiger partial charge in [0.25, 0.3) is 0 Å². The molecule has 11 nitrogen and oxygen atoms in total. The molecule has 1 unspecified atom stereocenters. The van der Waals surface area contributed by atoms with Crippen molar-refractivity contribution in [1.29, 1.82) is 0 Å². The predicted molar refractivity (Wildman–Crippen MR) is 213 cm³/mol. The highest BCUT2D eigenvalue weighted by atomic mass is 31.2. The molecule has 0 aliphatic rings. The maximum Gasteiger partial charge on any atom is 0.472 e. The van der Waals surface area contributed by atoms with Crippen molar-refractivity contribution in [2.75, 3.05) is 19.8 Å². The second kappa shape index (κ2) is 37.2. The van der Waals surface area contributed by atoms with Gasteiger partial charge in [-0.05, 0) is 38.5 Å². The van der Waals surface area contributed by atoms with Crippen LogP contribution in [0.15, 0.2) is 12.2 Å². The Morgan fingerprint density at radius 1 is 0.566 bits per heavy atom. The first-order valence-electron chi connectivity index (χ1n) is 21.2. The molecule has 312 valence electrons. The molecule has 0 aliphatic heterocycles. The van der Waals surface area contributed by atoms with E-state index in [0.29, 0.717) is 12.8 Å². The lowest BCUT2D eigenvalue weighted by Crippen LogP contribution is -2.34. The summed E-state index contributed by atoms with van der Waals surface area (Å²) in [7, 11) is -4.71. The first-order chi connectivity index (χ1) is 25.6. The summed E-state index contributed by atoms with van der Waals surface area (Å²) in [6, 6.07) is -1.52. The van der Waals surface area contributed by atoms with E-state index in [-0.39, 0.29) is 19.4 Å². The standard InChI is InChI=1S/C41H78NO10P/c1-3-5-7-9-11-13-15-17-19-21-23-25-27-29-31-33-40(44)52-37(35-50-53(47,48)51-36-38(42)41(45)46)34-49-39(43)32-30-28-26-24-22-20-18-16-14-12-10-8-6-4-2/h16,18,37-38H,3-15,17,19-36,42H2,1-2H3,(H,45,46)(H,47,48)/b18-16+/t37-,38+/m1/s1. The topological polar surface area (TPSA) is 172 Å². The van der Waals surface area contributed by atoms with E-state index in [0.717, 1.165) is 57.8 Å². The van der Waals surface area contributed by atoms with Gasteiger partial charge < -0.3 is 25.2 Å². The second-order valence-corrected chi connectivity index (χ2v) is 15.9. The molecule has 0 aromatic heterocycles. The lowest BCUT2D eigenvalue weighted by molar-refractivity contribution is -0.161. The van der Waals surface area contributed by atoms with Crippen LogP contribution in [-0.2, 0) is 37.5 Å². The number of hydrogen-bond acceptors (Lipinski definition) is 9. The molecule has 0 fully saturated rings. The van der Waals surface area contributed by atoms with Gasteiger partial charge in [0.15, 0.2) is 6.10 Å². The zero-order valence-corrected chi connectivity index (χ0v) is 34.5. The number of phosphoric acid groups is 1. The Hall–Kier alpha value is -1.78. The van der Waals surface area contributed by atoms with Crippen molar-refractivity contribution in [3.8, 4) is 0 Å². The van der Waals surface area contributed by atoms with Gasteiger partial charge >= 0.3 is 25.7 Å². The molecule has 0 aromatic rings. The van der Waals surface area contributed by atoms with Crippen LogP contribution in [0, 0.1) is 0 Å².